The average Bonchev–Trinajstić information content (AvgIpc) is 2.29. The van der Waals surface area contributed by atoms with E-state index in [1.165, 1.54) is 0 Å². The molecule has 0 saturated heterocycles. The van der Waals surface area contributed by atoms with Crippen molar-refractivity contribution in [3.05, 3.63) is 39.4 Å². The second kappa shape index (κ2) is 4.76. The molecule has 0 aliphatic carbocycles. The van der Waals surface area contributed by atoms with Gasteiger partial charge in [0.2, 0.25) is 0 Å². The fourth-order valence-electron chi connectivity index (χ4n) is 1.48. The minimum atomic E-state index is -0.0386. The molecule has 0 bridgehead atoms. The van der Waals surface area contributed by atoms with Gasteiger partial charge in [-0.1, -0.05) is 15.9 Å². The highest BCUT2D eigenvalue weighted by molar-refractivity contribution is 9.10. The highest BCUT2D eigenvalue weighted by atomic mass is 79.9. The smallest absolute Gasteiger partial charge is 0.261 e. The van der Waals surface area contributed by atoms with E-state index >= 15 is 0 Å². The van der Waals surface area contributed by atoms with E-state index in [0.29, 0.717) is 24.1 Å². The summed E-state index contributed by atoms with van der Waals surface area (Å²) in [6, 6.07) is 5.48. The lowest BCUT2D eigenvalue weighted by molar-refractivity contribution is 0.186. The summed E-state index contributed by atoms with van der Waals surface area (Å²) in [5.74, 6) is 0. The van der Waals surface area contributed by atoms with Crippen LogP contribution in [0.15, 0.2) is 33.8 Å². The number of fused-ring (bicyclic) bond motifs is 1. The summed E-state index contributed by atoms with van der Waals surface area (Å²) in [5, 5.41) is 0.618. The van der Waals surface area contributed by atoms with Gasteiger partial charge in [0.25, 0.3) is 5.56 Å². The molecule has 0 aliphatic rings. The molecule has 0 saturated carbocycles. The molecule has 5 heteroatoms. The van der Waals surface area contributed by atoms with E-state index in [1.54, 1.807) is 24.1 Å². The van der Waals surface area contributed by atoms with Crippen LogP contribution in [0.5, 0.6) is 0 Å². The van der Waals surface area contributed by atoms with Crippen molar-refractivity contribution in [3.63, 3.8) is 0 Å². The Balaban J connectivity index is 2.55. The Morgan fingerprint density at radius 1 is 1.50 bits per heavy atom. The molecule has 2 rings (SSSR count). The summed E-state index contributed by atoms with van der Waals surface area (Å²) in [6.45, 7) is 1.02. The first kappa shape index (κ1) is 11.3. The fraction of sp³-hybridized carbons (Fsp3) is 0.273. The van der Waals surface area contributed by atoms with Crippen molar-refractivity contribution in [2.24, 2.45) is 0 Å². The quantitative estimate of drug-likeness (QED) is 0.862. The molecule has 0 N–H and O–H groups in total. The number of nitrogens with zero attached hydrogens (tertiary/aromatic N) is 2. The lowest BCUT2D eigenvalue weighted by Gasteiger charge is -2.05. The SMILES string of the molecule is COCCn1cnc2ccc(Br)cc2c1=O. The first-order valence-electron chi connectivity index (χ1n) is 4.86. The molecule has 0 unspecified atom stereocenters. The molecule has 0 aliphatic heterocycles. The van der Waals surface area contributed by atoms with Crippen LogP contribution in [0.1, 0.15) is 0 Å². The largest absolute Gasteiger partial charge is 0.383 e. The van der Waals surface area contributed by atoms with Gasteiger partial charge in [-0.15, -0.1) is 0 Å². The van der Waals surface area contributed by atoms with Crippen molar-refractivity contribution in [1.29, 1.82) is 0 Å². The van der Waals surface area contributed by atoms with Crippen LogP contribution in [0.4, 0.5) is 0 Å². The summed E-state index contributed by atoms with van der Waals surface area (Å²) < 4.78 is 7.37. The molecule has 84 valence electrons. The number of benzene rings is 1. The summed E-state index contributed by atoms with van der Waals surface area (Å²) in [4.78, 5) is 16.3. The maximum absolute atomic E-state index is 12.0. The van der Waals surface area contributed by atoms with E-state index in [1.807, 2.05) is 12.1 Å². The summed E-state index contributed by atoms with van der Waals surface area (Å²) in [6.07, 6.45) is 1.55. The van der Waals surface area contributed by atoms with Crippen LogP contribution in [-0.2, 0) is 11.3 Å². The van der Waals surface area contributed by atoms with Crippen LogP contribution >= 0.6 is 15.9 Å². The van der Waals surface area contributed by atoms with Gasteiger partial charge in [0.1, 0.15) is 0 Å². The third kappa shape index (κ3) is 2.15. The fourth-order valence-corrected chi connectivity index (χ4v) is 1.84. The van der Waals surface area contributed by atoms with Crippen molar-refractivity contribution in [2.45, 2.75) is 6.54 Å². The molecular weight excluding hydrogens is 272 g/mol. The Hall–Kier alpha value is -1.20. The lowest BCUT2D eigenvalue weighted by Crippen LogP contribution is -2.22. The van der Waals surface area contributed by atoms with E-state index in [4.69, 9.17) is 4.74 Å². The Labute approximate surface area is 101 Å². The number of aromatic nitrogens is 2. The van der Waals surface area contributed by atoms with E-state index in [0.717, 1.165) is 4.47 Å². The molecule has 0 fully saturated rings. The van der Waals surface area contributed by atoms with E-state index in [9.17, 15) is 4.79 Å². The zero-order valence-corrected chi connectivity index (χ0v) is 10.4. The monoisotopic (exact) mass is 282 g/mol. The van der Waals surface area contributed by atoms with Crippen LogP contribution in [0.3, 0.4) is 0 Å². The van der Waals surface area contributed by atoms with Crippen molar-refractivity contribution >= 4 is 26.8 Å². The molecule has 4 nitrogen and oxygen atoms in total. The minimum Gasteiger partial charge on any atom is -0.383 e. The maximum atomic E-state index is 12.0. The number of rotatable bonds is 3. The van der Waals surface area contributed by atoms with Gasteiger partial charge in [-0.3, -0.25) is 9.36 Å². The Bertz CT molecular complexity index is 565. The predicted octanol–water partition coefficient (Wildman–Crippen LogP) is 1.81. The summed E-state index contributed by atoms with van der Waals surface area (Å²) in [5.41, 5.74) is 0.671. The van der Waals surface area contributed by atoms with Crippen LogP contribution in [0.25, 0.3) is 10.9 Å². The lowest BCUT2D eigenvalue weighted by atomic mass is 10.2. The maximum Gasteiger partial charge on any atom is 0.261 e. The summed E-state index contributed by atoms with van der Waals surface area (Å²) >= 11 is 3.34. The molecule has 0 spiro atoms. The number of methoxy groups -OCH3 is 1. The van der Waals surface area contributed by atoms with Crippen molar-refractivity contribution in [3.8, 4) is 0 Å². The van der Waals surface area contributed by atoms with Gasteiger partial charge in [-0.05, 0) is 18.2 Å². The van der Waals surface area contributed by atoms with Gasteiger partial charge in [0, 0.05) is 11.6 Å². The molecule has 0 atom stereocenters. The normalized spacial score (nSPS) is 10.9. The number of hydrogen-bond donors (Lipinski definition) is 0. The second-order valence-electron chi connectivity index (χ2n) is 3.40. The van der Waals surface area contributed by atoms with Gasteiger partial charge < -0.3 is 4.74 Å². The zero-order valence-electron chi connectivity index (χ0n) is 8.81. The van der Waals surface area contributed by atoms with Crippen molar-refractivity contribution in [2.75, 3.05) is 13.7 Å². The molecule has 2 aromatic rings. The van der Waals surface area contributed by atoms with Gasteiger partial charge in [0.15, 0.2) is 0 Å². The Morgan fingerprint density at radius 2 is 2.31 bits per heavy atom. The average molecular weight is 283 g/mol. The first-order chi connectivity index (χ1) is 7.72. The predicted molar refractivity (Wildman–Crippen MR) is 65.6 cm³/mol. The third-order valence-electron chi connectivity index (χ3n) is 2.32. The molecule has 0 amide bonds. The van der Waals surface area contributed by atoms with E-state index in [2.05, 4.69) is 20.9 Å². The molecule has 1 aromatic heterocycles. The third-order valence-corrected chi connectivity index (χ3v) is 2.82. The van der Waals surface area contributed by atoms with Crippen LogP contribution in [-0.4, -0.2) is 23.3 Å². The topological polar surface area (TPSA) is 44.1 Å². The van der Waals surface area contributed by atoms with Crippen LogP contribution in [0.2, 0.25) is 0 Å². The van der Waals surface area contributed by atoms with E-state index < -0.39 is 0 Å². The molecule has 0 radical (unpaired) electrons. The minimum absolute atomic E-state index is 0.0386. The van der Waals surface area contributed by atoms with Crippen LogP contribution < -0.4 is 5.56 Å². The number of halogens is 1. The van der Waals surface area contributed by atoms with Crippen molar-refractivity contribution in [1.82, 2.24) is 9.55 Å². The van der Waals surface area contributed by atoms with Gasteiger partial charge in [0.05, 0.1) is 30.4 Å². The number of hydrogen-bond acceptors (Lipinski definition) is 3. The summed E-state index contributed by atoms with van der Waals surface area (Å²) in [7, 11) is 1.61. The highest BCUT2D eigenvalue weighted by Crippen LogP contribution is 2.14. The molecular formula is C11H11BrN2O2. The highest BCUT2D eigenvalue weighted by Gasteiger charge is 2.03. The molecule has 16 heavy (non-hydrogen) atoms. The Morgan fingerprint density at radius 3 is 3.06 bits per heavy atom. The van der Waals surface area contributed by atoms with E-state index in [-0.39, 0.29) is 5.56 Å². The van der Waals surface area contributed by atoms with Gasteiger partial charge >= 0.3 is 0 Å². The van der Waals surface area contributed by atoms with Gasteiger partial charge in [-0.2, -0.15) is 0 Å². The number of ether oxygens (including phenoxy) is 1. The first-order valence-corrected chi connectivity index (χ1v) is 5.65. The van der Waals surface area contributed by atoms with Crippen molar-refractivity contribution < 1.29 is 4.74 Å². The van der Waals surface area contributed by atoms with Gasteiger partial charge in [-0.25, -0.2) is 4.98 Å². The molecule has 1 aromatic carbocycles. The Kier molecular flexibility index (Phi) is 3.36. The standard InChI is InChI=1S/C11H11BrN2O2/c1-16-5-4-14-7-13-10-3-2-8(12)6-9(10)11(14)15/h2-3,6-7H,4-5H2,1H3. The van der Waals surface area contributed by atoms with Crippen LogP contribution in [0, 0.1) is 0 Å². The zero-order chi connectivity index (χ0) is 11.5. The molecule has 1 heterocycles. The second-order valence-corrected chi connectivity index (χ2v) is 4.31.